The van der Waals surface area contributed by atoms with Gasteiger partial charge in [-0.15, -0.1) is 0 Å². The van der Waals surface area contributed by atoms with Crippen LogP contribution >= 0.6 is 0 Å². The maximum absolute atomic E-state index is 12.6. The van der Waals surface area contributed by atoms with Crippen molar-refractivity contribution in [2.75, 3.05) is 18.1 Å². The molecule has 1 unspecified atom stereocenters. The van der Waals surface area contributed by atoms with Crippen molar-refractivity contribution in [2.24, 2.45) is 0 Å². The van der Waals surface area contributed by atoms with E-state index in [2.05, 4.69) is 36.1 Å². The quantitative estimate of drug-likeness (QED) is 0.494. The van der Waals surface area contributed by atoms with Crippen LogP contribution in [0.2, 0.25) is 0 Å². The molecule has 0 spiro atoms. The topological polar surface area (TPSA) is 68.5 Å². The normalized spacial score (nSPS) is 16.3. The molecule has 0 bridgehead atoms. The Balaban J connectivity index is 1.44. The molecule has 1 aromatic heterocycles. The van der Waals surface area contributed by atoms with Gasteiger partial charge in [-0.2, -0.15) is 4.98 Å². The Morgan fingerprint density at radius 1 is 1.17 bits per heavy atom. The van der Waals surface area contributed by atoms with Crippen LogP contribution in [-0.4, -0.2) is 29.2 Å². The van der Waals surface area contributed by atoms with E-state index in [4.69, 9.17) is 9.26 Å². The van der Waals surface area contributed by atoms with E-state index in [0.29, 0.717) is 24.7 Å². The molecular weight excluding hydrogens is 378 g/mol. The summed E-state index contributed by atoms with van der Waals surface area (Å²) in [5.41, 5.74) is 3.01. The number of amides is 1. The number of hydrogen-bond donors (Lipinski definition) is 0. The summed E-state index contributed by atoms with van der Waals surface area (Å²) in [7, 11) is 0. The summed E-state index contributed by atoms with van der Waals surface area (Å²) in [6, 6.07) is 15.8. The molecule has 1 fully saturated rings. The summed E-state index contributed by atoms with van der Waals surface area (Å²) in [5.74, 6) is 1.87. The zero-order chi connectivity index (χ0) is 20.9. The van der Waals surface area contributed by atoms with Crippen LogP contribution in [0, 0.1) is 0 Å². The van der Waals surface area contributed by atoms with Crippen LogP contribution in [0.3, 0.4) is 0 Å². The summed E-state index contributed by atoms with van der Waals surface area (Å²) >= 11 is 0. The lowest BCUT2D eigenvalue weighted by molar-refractivity contribution is -0.117. The summed E-state index contributed by atoms with van der Waals surface area (Å²) in [6.07, 6.45) is 3.46. The standard InChI is InChI=1S/C24H27N3O3/c1-3-5-13-29-21-11-9-18(10-12-21)23-25-24(30-26-23)19-15-22(28)27(16-19)20-8-6-7-17(4-2)14-20/h6-12,14,19H,3-5,13,15-16H2,1-2H3. The maximum atomic E-state index is 12.6. The lowest BCUT2D eigenvalue weighted by atomic mass is 10.1. The summed E-state index contributed by atoms with van der Waals surface area (Å²) in [4.78, 5) is 19.0. The van der Waals surface area contributed by atoms with E-state index in [0.717, 1.165) is 42.9 Å². The van der Waals surface area contributed by atoms with Gasteiger partial charge < -0.3 is 14.2 Å². The van der Waals surface area contributed by atoms with Crippen molar-refractivity contribution in [1.29, 1.82) is 0 Å². The highest BCUT2D eigenvalue weighted by Gasteiger charge is 2.35. The van der Waals surface area contributed by atoms with Gasteiger partial charge in [-0.3, -0.25) is 4.79 Å². The van der Waals surface area contributed by atoms with Crippen molar-refractivity contribution in [2.45, 2.75) is 45.4 Å². The van der Waals surface area contributed by atoms with Gasteiger partial charge in [-0.25, -0.2) is 0 Å². The second-order valence-electron chi connectivity index (χ2n) is 7.61. The summed E-state index contributed by atoms with van der Waals surface area (Å²) in [6.45, 7) is 5.52. The number of carbonyl (C=O) groups is 1. The van der Waals surface area contributed by atoms with E-state index in [1.54, 1.807) is 0 Å². The van der Waals surface area contributed by atoms with E-state index in [1.807, 2.05) is 41.3 Å². The molecule has 6 heteroatoms. The van der Waals surface area contributed by atoms with Crippen molar-refractivity contribution < 1.29 is 14.1 Å². The van der Waals surface area contributed by atoms with Crippen LogP contribution in [0.25, 0.3) is 11.4 Å². The Bertz CT molecular complexity index is 997. The molecule has 1 aliphatic heterocycles. The first-order valence-corrected chi connectivity index (χ1v) is 10.6. The van der Waals surface area contributed by atoms with Crippen LogP contribution in [0.4, 0.5) is 5.69 Å². The van der Waals surface area contributed by atoms with Gasteiger partial charge in [0.2, 0.25) is 17.6 Å². The first-order valence-electron chi connectivity index (χ1n) is 10.6. The lowest BCUT2D eigenvalue weighted by Gasteiger charge is -2.16. The summed E-state index contributed by atoms with van der Waals surface area (Å²) in [5, 5.41) is 4.13. The smallest absolute Gasteiger partial charge is 0.232 e. The Morgan fingerprint density at radius 3 is 2.77 bits per heavy atom. The van der Waals surface area contributed by atoms with Gasteiger partial charge in [0, 0.05) is 24.2 Å². The van der Waals surface area contributed by atoms with Crippen LogP contribution < -0.4 is 9.64 Å². The van der Waals surface area contributed by atoms with E-state index < -0.39 is 0 Å². The number of carbonyl (C=O) groups excluding carboxylic acids is 1. The number of rotatable bonds is 8. The zero-order valence-electron chi connectivity index (χ0n) is 17.5. The average Bonchev–Trinajstić information content (AvgIpc) is 3.41. The largest absolute Gasteiger partial charge is 0.494 e. The van der Waals surface area contributed by atoms with Gasteiger partial charge in [-0.1, -0.05) is 37.6 Å². The Labute approximate surface area is 176 Å². The van der Waals surface area contributed by atoms with Crippen molar-refractivity contribution in [3.05, 3.63) is 60.0 Å². The molecule has 2 heterocycles. The molecule has 4 rings (SSSR count). The minimum absolute atomic E-state index is 0.0848. The second kappa shape index (κ2) is 9.11. The lowest BCUT2D eigenvalue weighted by Crippen LogP contribution is -2.24. The molecule has 0 N–H and O–H groups in total. The first kappa shape index (κ1) is 20.1. The minimum atomic E-state index is -0.0966. The fourth-order valence-corrected chi connectivity index (χ4v) is 3.62. The second-order valence-corrected chi connectivity index (χ2v) is 7.61. The van der Waals surface area contributed by atoms with Crippen molar-refractivity contribution in [3.63, 3.8) is 0 Å². The fraction of sp³-hybridized carbons (Fsp3) is 0.375. The van der Waals surface area contributed by atoms with Gasteiger partial charge in [0.1, 0.15) is 5.75 Å². The molecule has 1 amide bonds. The zero-order valence-corrected chi connectivity index (χ0v) is 17.5. The number of benzene rings is 2. The highest BCUT2D eigenvalue weighted by molar-refractivity contribution is 5.96. The van der Waals surface area contributed by atoms with Crippen molar-refractivity contribution >= 4 is 11.6 Å². The number of unbranched alkanes of at least 4 members (excludes halogenated alkanes) is 1. The average molecular weight is 405 g/mol. The van der Waals surface area contributed by atoms with E-state index in [9.17, 15) is 4.79 Å². The molecule has 0 aliphatic carbocycles. The SMILES string of the molecule is CCCCOc1ccc(-c2noc(C3CC(=O)N(c4cccc(CC)c4)C3)n2)cc1. The number of hydrogen-bond acceptors (Lipinski definition) is 5. The van der Waals surface area contributed by atoms with Gasteiger partial charge in [0.15, 0.2) is 0 Å². The highest BCUT2D eigenvalue weighted by atomic mass is 16.5. The Hall–Kier alpha value is -3.15. The Kier molecular flexibility index (Phi) is 6.12. The summed E-state index contributed by atoms with van der Waals surface area (Å²) < 4.78 is 11.2. The van der Waals surface area contributed by atoms with Gasteiger partial charge in [-0.05, 0) is 54.8 Å². The number of aryl methyl sites for hydroxylation is 1. The van der Waals surface area contributed by atoms with Crippen LogP contribution in [0.5, 0.6) is 5.75 Å². The molecule has 0 saturated carbocycles. The molecule has 2 aromatic carbocycles. The third kappa shape index (κ3) is 4.37. The number of aromatic nitrogens is 2. The van der Waals surface area contributed by atoms with Crippen LogP contribution in [0.1, 0.15) is 50.5 Å². The maximum Gasteiger partial charge on any atom is 0.232 e. The van der Waals surface area contributed by atoms with Crippen molar-refractivity contribution in [1.82, 2.24) is 10.1 Å². The predicted octanol–water partition coefficient (Wildman–Crippen LogP) is 5.00. The molecule has 156 valence electrons. The number of nitrogens with zero attached hydrogens (tertiary/aromatic N) is 3. The van der Waals surface area contributed by atoms with Gasteiger partial charge >= 0.3 is 0 Å². The predicted molar refractivity (Wildman–Crippen MR) is 116 cm³/mol. The molecule has 3 aromatic rings. The monoisotopic (exact) mass is 405 g/mol. The molecule has 1 atom stereocenters. The number of anilines is 1. The molecule has 30 heavy (non-hydrogen) atoms. The molecule has 0 radical (unpaired) electrons. The fourth-order valence-electron chi connectivity index (χ4n) is 3.62. The highest BCUT2D eigenvalue weighted by Crippen LogP contribution is 2.32. The molecule has 1 aliphatic rings. The van der Waals surface area contributed by atoms with E-state index in [1.165, 1.54) is 5.56 Å². The molecular formula is C24H27N3O3. The minimum Gasteiger partial charge on any atom is -0.494 e. The Morgan fingerprint density at radius 2 is 2.00 bits per heavy atom. The van der Waals surface area contributed by atoms with E-state index >= 15 is 0 Å². The van der Waals surface area contributed by atoms with Gasteiger partial charge in [0.05, 0.1) is 12.5 Å². The first-order chi connectivity index (χ1) is 14.7. The molecule has 1 saturated heterocycles. The number of ether oxygens (including phenoxy) is 1. The van der Waals surface area contributed by atoms with Gasteiger partial charge in [0.25, 0.3) is 0 Å². The van der Waals surface area contributed by atoms with E-state index in [-0.39, 0.29) is 11.8 Å². The van der Waals surface area contributed by atoms with Crippen molar-refractivity contribution in [3.8, 4) is 17.1 Å². The molecule has 6 nitrogen and oxygen atoms in total. The third-order valence-electron chi connectivity index (χ3n) is 5.43. The van der Waals surface area contributed by atoms with Crippen LogP contribution in [-0.2, 0) is 11.2 Å². The third-order valence-corrected chi connectivity index (χ3v) is 5.43. The van der Waals surface area contributed by atoms with Crippen LogP contribution in [0.15, 0.2) is 53.1 Å².